The van der Waals surface area contributed by atoms with E-state index in [0.29, 0.717) is 12.8 Å². The standard InChI is InChI=1S/C21H41NO4/c1-4-5-6-7-8-9-10-11-12-13-14-15-19(23)17-22(2,3)18-20(24)16-21(25)26/h20,24H,4-18H2,1-3H3/t20-/m1/s1/i2D3,3D3,18D2,20D. The fourth-order valence-electron chi connectivity index (χ4n) is 2.77. The van der Waals surface area contributed by atoms with Gasteiger partial charge in [-0.05, 0) is 6.42 Å². The van der Waals surface area contributed by atoms with Crippen LogP contribution < -0.4 is 5.11 Å². The molecular weight excluding hydrogens is 330 g/mol. The van der Waals surface area contributed by atoms with E-state index in [-0.39, 0.29) is 6.42 Å². The van der Waals surface area contributed by atoms with E-state index in [1.165, 1.54) is 32.1 Å². The first-order valence-electron chi connectivity index (χ1n) is 14.2. The van der Waals surface area contributed by atoms with Gasteiger partial charge in [0, 0.05) is 18.8 Å². The fraction of sp³-hybridized carbons (Fsp3) is 0.905. The van der Waals surface area contributed by atoms with Crippen LogP contribution in [0.2, 0.25) is 0 Å². The van der Waals surface area contributed by atoms with Gasteiger partial charge in [0.15, 0.2) is 5.78 Å². The summed E-state index contributed by atoms with van der Waals surface area (Å²) in [4.78, 5) is 23.6. The molecule has 0 aromatic heterocycles. The molecule has 26 heavy (non-hydrogen) atoms. The summed E-state index contributed by atoms with van der Waals surface area (Å²) in [6.45, 7) is -10.5. The average molecular weight is 381 g/mol. The lowest BCUT2D eigenvalue weighted by atomic mass is 10.0. The third-order valence-electron chi connectivity index (χ3n) is 4.10. The van der Waals surface area contributed by atoms with Crippen LogP contribution in [-0.4, -0.2) is 54.4 Å². The Hall–Kier alpha value is -0.940. The summed E-state index contributed by atoms with van der Waals surface area (Å²) in [5.74, 6) is -2.94. The second kappa shape index (κ2) is 15.2. The molecule has 5 nitrogen and oxygen atoms in total. The monoisotopic (exact) mass is 380 g/mol. The quantitative estimate of drug-likeness (QED) is 0.293. The third-order valence-corrected chi connectivity index (χ3v) is 4.10. The zero-order valence-corrected chi connectivity index (χ0v) is 16.0. The van der Waals surface area contributed by atoms with Gasteiger partial charge in [-0.15, -0.1) is 0 Å². The van der Waals surface area contributed by atoms with Gasteiger partial charge in [-0.25, -0.2) is 0 Å². The summed E-state index contributed by atoms with van der Waals surface area (Å²) in [6.07, 6.45) is 5.56. The first kappa shape index (κ1) is 13.3. The van der Waals surface area contributed by atoms with Crippen LogP contribution in [0.4, 0.5) is 0 Å². The van der Waals surface area contributed by atoms with Crippen molar-refractivity contribution in [2.45, 2.75) is 96.5 Å². The number of unbranched alkanes of at least 4 members (excludes halogenated alkanes) is 10. The largest absolute Gasteiger partial charge is 0.550 e. The number of carbonyl (C=O) groups excluding carboxylic acids is 2. The molecule has 0 aliphatic carbocycles. The maximum atomic E-state index is 12.7. The highest BCUT2D eigenvalue weighted by Crippen LogP contribution is 2.12. The third kappa shape index (κ3) is 16.5. The smallest absolute Gasteiger partial charge is 0.186 e. The minimum Gasteiger partial charge on any atom is -0.550 e. The fourth-order valence-corrected chi connectivity index (χ4v) is 2.77. The first-order chi connectivity index (χ1) is 15.9. The van der Waals surface area contributed by atoms with Gasteiger partial charge >= 0.3 is 0 Å². The molecule has 1 atom stereocenters. The lowest BCUT2D eigenvalue weighted by Crippen LogP contribution is -2.49. The summed E-state index contributed by atoms with van der Waals surface area (Å²) in [6, 6.07) is 0. The van der Waals surface area contributed by atoms with Crippen LogP contribution in [0.25, 0.3) is 0 Å². The number of Topliss-reactive ketones (excluding diaryl/α,β-unsaturated/α-hetero) is 1. The first-order valence-corrected chi connectivity index (χ1v) is 9.69. The van der Waals surface area contributed by atoms with Crippen molar-refractivity contribution in [2.75, 3.05) is 27.0 Å². The van der Waals surface area contributed by atoms with Crippen LogP contribution in [0.1, 0.15) is 103 Å². The highest BCUT2D eigenvalue weighted by atomic mass is 16.4. The van der Waals surface area contributed by atoms with Crippen LogP contribution in [-0.2, 0) is 9.59 Å². The summed E-state index contributed by atoms with van der Waals surface area (Å²) >= 11 is 0. The number of likely N-dealkylation sites (N-methyl/N-ethyl adjacent to an activating group) is 1. The van der Waals surface area contributed by atoms with E-state index in [4.69, 9.17) is 12.3 Å². The van der Waals surface area contributed by atoms with Gasteiger partial charge in [-0.2, -0.15) is 0 Å². The van der Waals surface area contributed by atoms with Crippen molar-refractivity contribution in [2.24, 2.45) is 0 Å². The molecule has 0 fully saturated rings. The molecule has 0 heterocycles. The Morgan fingerprint density at radius 3 is 2.00 bits per heavy atom. The average Bonchev–Trinajstić information content (AvgIpc) is 2.67. The zero-order valence-electron chi connectivity index (χ0n) is 25.0. The SMILES string of the molecule is [2H]C([2H])([2H])[N+](CC(=O)CCCCCCCCCCCCC)(C([2H])([2H])[2H])C([2H])([2H])[C@]([2H])(O)CC(=O)[O-]. The van der Waals surface area contributed by atoms with Crippen molar-refractivity contribution in [1.29, 1.82) is 0 Å². The summed E-state index contributed by atoms with van der Waals surface area (Å²) in [5, 5.41) is 21.1. The summed E-state index contributed by atoms with van der Waals surface area (Å²) < 4.78 is 68.0. The Bertz CT molecular complexity index is 650. The molecule has 0 aromatic carbocycles. The van der Waals surface area contributed by atoms with Crippen LogP contribution in [0, 0.1) is 0 Å². The van der Waals surface area contributed by atoms with E-state index in [1.54, 1.807) is 0 Å². The van der Waals surface area contributed by atoms with E-state index in [1.807, 2.05) is 0 Å². The Balaban J connectivity index is 5.22. The van der Waals surface area contributed by atoms with Gasteiger partial charge in [0.25, 0.3) is 0 Å². The predicted molar refractivity (Wildman–Crippen MR) is 104 cm³/mol. The molecule has 0 unspecified atom stereocenters. The minimum absolute atomic E-state index is 0.198. The van der Waals surface area contributed by atoms with Crippen LogP contribution in [0.3, 0.4) is 0 Å². The normalized spacial score (nSPS) is 20.8. The summed E-state index contributed by atoms with van der Waals surface area (Å²) in [5.41, 5.74) is 0. The van der Waals surface area contributed by atoms with Crippen molar-refractivity contribution in [3.8, 4) is 0 Å². The molecule has 0 amide bonds. The second-order valence-corrected chi connectivity index (χ2v) is 6.90. The van der Waals surface area contributed by atoms with Crippen molar-refractivity contribution >= 4 is 11.8 Å². The van der Waals surface area contributed by atoms with Gasteiger partial charge in [0.05, 0.1) is 26.3 Å². The maximum Gasteiger partial charge on any atom is 0.186 e. The predicted octanol–water partition coefficient (Wildman–Crippen LogP) is 2.83. The summed E-state index contributed by atoms with van der Waals surface area (Å²) in [7, 11) is 0. The number of carbonyl (C=O) groups is 2. The van der Waals surface area contributed by atoms with Gasteiger partial charge in [0.1, 0.15) is 19.1 Å². The number of carboxylic acids is 1. The number of hydrogen-bond donors (Lipinski definition) is 1. The van der Waals surface area contributed by atoms with Crippen LogP contribution in [0.5, 0.6) is 0 Å². The lowest BCUT2D eigenvalue weighted by Gasteiger charge is -2.31. The van der Waals surface area contributed by atoms with E-state index >= 15 is 0 Å². The molecular formula is C21H41NO4. The van der Waals surface area contributed by atoms with Gasteiger partial charge in [-0.1, -0.05) is 71.1 Å². The van der Waals surface area contributed by atoms with E-state index < -0.39 is 55.7 Å². The number of rotatable bonds is 18. The molecule has 0 aliphatic heterocycles. The molecule has 0 radical (unpaired) electrons. The Kier molecular flexibility index (Phi) is 7.73. The maximum absolute atomic E-state index is 12.7. The number of aliphatic carboxylic acids is 1. The molecule has 5 heteroatoms. The molecule has 154 valence electrons. The second-order valence-electron chi connectivity index (χ2n) is 6.90. The van der Waals surface area contributed by atoms with Crippen LogP contribution in [0.15, 0.2) is 0 Å². The van der Waals surface area contributed by atoms with Crippen molar-refractivity contribution in [3.05, 3.63) is 0 Å². The highest BCUT2D eigenvalue weighted by molar-refractivity contribution is 5.79. The number of aliphatic hydroxyl groups is 1. The lowest BCUT2D eigenvalue weighted by molar-refractivity contribution is -0.885. The number of quaternary nitrogens is 1. The molecule has 1 N–H and O–H groups in total. The highest BCUT2D eigenvalue weighted by Gasteiger charge is 2.23. The van der Waals surface area contributed by atoms with E-state index in [0.717, 1.165) is 25.7 Å². The van der Waals surface area contributed by atoms with E-state index in [9.17, 15) is 19.8 Å². The van der Waals surface area contributed by atoms with Gasteiger partial charge in [0.2, 0.25) is 0 Å². The molecule has 0 spiro atoms. The molecule has 0 saturated carbocycles. The Labute approximate surface area is 173 Å². The number of ketones is 1. The van der Waals surface area contributed by atoms with Gasteiger partial charge in [-0.3, -0.25) is 4.79 Å². The number of carboxylic acid groups (broad SMARTS) is 1. The van der Waals surface area contributed by atoms with Crippen LogP contribution >= 0.6 is 0 Å². The zero-order chi connectivity index (χ0) is 27.6. The topological polar surface area (TPSA) is 77.4 Å². The number of nitrogens with zero attached hydrogens (tertiary/aromatic N) is 1. The Morgan fingerprint density at radius 1 is 1.04 bits per heavy atom. The van der Waals surface area contributed by atoms with Crippen molar-refractivity contribution in [3.63, 3.8) is 0 Å². The molecule has 0 bridgehead atoms. The molecule has 0 rings (SSSR count). The molecule has 0 aliphatic rings. The molecule has 0 aromatic rings. The van der Waals surface area contributed by atoms with E-state index in [2.05, 4.69) is 6.92 Å². The Morgan fingerprint density at radius 2 is 1.54 bits per heavy atom. The minimum atomic E-state index is -3.88. The van der Waals surface area contributed by atoms with Crippen molar-refractivity contribution in [1.82, 2.24) is 0 Å². The molecule has 0 saturated heterocycles. The number of hydrogen-bond acceptors (Lipinski definition) is 4. The van der Waals surface area contributed by atoms with Crippen molar-refractivity contribution < 1.29 is 36.6 Å². The van der Waals surface area contributed by atoms with Gasteiger partial charge < -0.3 is 19.5 Å².